The Labute approximate surface area is 137 Å². The molecule has 0 spiro atoms. The number of fused-ring (bicyclic) bond motifs is 1. The number of aliphatic carboxylic acids is 1. The van der Waals surface area contributed by atoms with Gasteiger partial charge in [-0.3, -0.25) is 4.79 Å². The zero-order chi connectivity index (χ0) is 17.9. The lowest BCUT2D eigenvalue weighted by atomic mass is 9.98. The highest BCUT2D eigenvalue weighted by molar-refractivity contribution is 5.89. The lowest BCUT2D eigenvalue weighted by Gasteiger charge is -2.20. The maximum Gasteiger partial charge on any atom is 0.336 e. The summed E-state index contributed by atoms with van der Waals surface area (Å²) in [7, 11) is 0. The van der Waals surface area contributed by atoms with Crippen LogP contribution >= 0.6 is 0 Å². The number of carbonyl (C=O) groups is 2. The molecule has 0 radical (unpaired) electrons. The molecule has 7 heteroatoms. The molecule has 2 unspecified atom stereocenters. The summed E-state index contributed by atoms with van der Waals surface area (Å²) in [6.07, 6.45) is 0.446. The first-order valence-corrected chi connectivity index (χ1v) is 7.59. The normalized spacial score (nSPS) is 13.4. The van der Waals surface area contributed by atoms with Crippen LogP contribution in [0.5, 0.6) is 5.75 Å². The van der Waals surface area contributed by atoms with E-state index < -0.39 is 23.5 Å². The number of phenolic OH excluding ortho intramolecular Hbond substituents is 1. The molecular weight excluding hydrogens is 314 g/mol. The largest absolute Gasteiger partial charge is 0.508 e. The second-order valence-corrected chi connectivity index (χ2v) is 5.72. The van der Waals surface area contributed by atoms with Gasteiger partial charge in [0.25, 0.3) is 0 Å². The van der Waals surface area contributed by atoms with Crippen LogP contribution in [0, 0.1) is 5.92 Å². The van der Waals surface area contributed by atoms with Crippen LogP contribution in [0.4, 0.5) is 0 Å². The number of amides is 1. The minimum Gasteiger partial charge on any atom is -0.508 e. The predicted octanol–water partition coefficient (Wildman–Crippen LogP) is 1.66. The van der Waals surface area contributed by atoms with Gasteiger partial charge >= 0.3 is 11.6 Å². The summed E-state index contributed by atoms with van der Waals surface area (Å²) in [4.78, 5) is 35.1. The molecule has 1 amide bonds. The molecule has 3 N–H and O–H groups in total. The molecule has 0 aliphatic carbocycles. The first-order valence-electron chi connectivity index (χ1n) is 7.59. The van der Waals surface area contributed by atoms with Crippen LogP contribution in [0.3, 0.4) is 0 Å². The lowest BCUT2D eigenvalue weighted by molar-refractivity contribution is -0.143. The molecule has 24 heavy (non-hydrogen) atoms. The summed E-state index contributed by atoms with van der Waals surface area (Å²) in [5.74, 6) is -1.88. The van der Waals surface area contributed by atoms with Gasteiger partial charge in [-0.25, -0.2) is 9.59 Å². The Balaban J connectivity index is 2.27. The number of benzene rings is 1. The van der Waals surface area contributed by atoms with Gasteiger partial charge in [-0.05, 0) is 23.6 Å². The van der Waals surface area contributed by atoms with Gasteiger partial charge in [0.15, 0.2) is 0 Å². The summed E-state index contributed by atoms with van der Waals surface area (Å²) in [6, 6.07) is 4.45. The van der Waals surface area contributed by atoms with Crippen LogP contribution in [0.1, 0.15) is 25.8 Å². The zero-order valence-electron chi connectivity index (χ0n) is 13.4. The molecule has 0 saturated heterocycles. The number of carboxylic acid groups (broad SMARTS) is 1. The van der Waals surface area contributed by atoms with Crippen molar-refractivity contribution >= 4 is 22.8 Å². The lowest BCUT2D eigenvalue weighted by Crippen LogP contribution is -2.45. The number of phenols is 1. The second-order valence-electron chi connectivity index (χ2n) is 5.72. The number of carbonyl (C=O) groups excluding carboxylic acids is 1. The number of carboxylic acids is 1. The highest BCUT2D eigenvalue weighted by atomic mass is 16.4. The van der Waals surface area contributed by atoms with Gasteiger partial charge in [-0.2, -0.15) is 0 Å². The van der Waals surface area contributed by atoms with Crippen LogP contribution in [0.2, 0.25) is 0 Å². The van der Waals surface area contributed by atoms with Crippen molar-refractivity contribution in [1.29, 1.82) is 0 Å². The first-order chi connectivity index (χ1) is 11.3. The van der Waals surface area contributed by atoms with E-state index in [0.717, 1.165) is 0 Å². The molecule has 1 aromatic heterocycles. The third-order valence-electron chi connectivity index (χ3n) is 3.96. The fourth-order valence-corrected chi connectivity index (χ4v) is 2.45. The van der Waals surface area contributed by atoms with E-state index >= 15 is 0 Å². The van der Waals surface area contributed by atoms with E-state index in [0.29, 0.717) is 17.4 Å². The maximum absolute atomic E-state index is 12.2. The molecule has 1 aromatic carbocycles. The topological polar surface area (TPSA) is 117 Å². The highest BCUT2D eigenvalue weighted by Crippen LogP contribution is 2.22. The summed E-state index contributed by atoms with van der Waals surface area (Å²) in [5, 5.41) is 21.7. The minimum atomic E-state index is -1.10. The van der Waals surface area contributed by atoms with Gasteiger partial charge in [0.05, 0.1) is 6.42 Å². The third-order valence-corrected chi connectivity index (χ3v) is 3.96. The zero-order valence-corrected chi connectivity index (χ0v) is 13.4. The highest BCUT2D eigenvalue weighted by Gasteiger charge is 2.25. The van der Waals surface area contributed by atoms with E-state index in [1.807, 2.05) is 6.92 Å². The average Bonchev–Trinajstić information content (AvgIpc) is 2.50. The molecular formula is C17H19NO6. The van der Waals surface area contributed by atoms with Crippen LogP contribution in [-0.4, -0.2) is 28.1 Å². The third kappa shape index (κ3) is 3.92. The SMILES string of the molecule is CCC(C)C(NC(=O)Cc1cc(=O)oc2cc(O)ccc12)C(=O)O. The molecule has 7 nitrogen and oxygen atoms in total. The van der Waals surface area contributed by atoms with Crippen LogP contribution < -0.4 is 10.9 Å². The molecule has 128 valence electrons. The average molecular weight is 333 g/mol. The van der Waals surface area contributed by atoms with E-state index in [9.17, 15) is 24.6 Å². The Morgan fingerprint density at radius 2 is 2.00 bits per heavy atom. The molecule has 0 bridgehead atoms. The van der Waals surface area contributed by atoms with Crippen LogP contribution in [0.25, 0.3) is 11.0 Å². The summed E-state index contributed by atoms with van der Waals surface area (Å²) in [5.41, 5.74) is -0.0679. The van der Waals surface area contributed by atoms with Gasteiger partial charge in [0.2, 0.25) is 5.91 Å². The van der Waals surface area contributed by atoms with Gasteiger partial charge in [-0.15, -0.1) is 0 Å². The summed E-state index contributed by atoms with van der Waals surface area (Å²) < 4.78 is 5.00. The van der Waals surface area contributed by atoms with Crippen LogP contribution in [-0.2, 0) is 16.0 Å². The summed E-state index contributed by atoms with van der Waals surface area (Å²) in [6.45, 7) is 3.59. The van der Waals surface area contributed by atoms with Crippen molar-refractivity contribution in [1.82, 2.24) is 5.32 Å². The van der Waals surface area contributed by atoms with Gasteiger partial charge in [-0.1, -0.05) is 20.3 Å². The molecule has 0 saturated carbocycles. The molecule has 0 fully saturated rings. The quantitative estimate of drug-likeness (QED) is 0.692. The van der Waals surface area contributed by atoms with Crippen molar-refractivity contribution in [3.63, 3.8) is 0 Å². The first kappa shape index (κ1) is 17.5. The number of hydrogen-bond acceptors (Lipinski definition) is 5. The Hall–Kier alpha value is -2.83. The Morgan fingerprint density at radius 1 is 1.29 bits per heavy atom. The van der Waals surface area contributed by atoms with Gasteiger partial charge in [0.1, 0.15) is 17.4 Å². The predicted molar refractivity (Wildman–Crippen MR) is 86.9 cm³/mol. The Morgan fingerprint density at radius 3 is 2.62 bits per heavy atom. The standard InChI is InChI=1S/C17H19NO6/c1-3-9(2)16(17(22)23)18-14(20)6-10-7-15(21)24-13-8-11(19)4-5-12(10)13/h4-5,7-9,16,19H,3,6H2,1-2H3,(H,18,20)(H,22,23). The molecule has 1 heterocycles. The van der Waals surface area contributed by atoms with E-state index in [1.54, 1.807) is 13.0 Å². The molecule has 0 aliphatic rings. The van der Waals surface area contributed by atoms with E-state index in [-0.39, 0.29) is 23.7 Å². The van der Waals surface area contributed by atoms with Gasteiger partial charge in [0, 0.05) is 17.5 Å². The minimum absolute atomic E-state index is 0.0602. The smallest absolute Gasteiger partial charge is 0.336 e. The van der Waals surface area contributed by atoms with E-state index in [2.05, 4.69) is 5.32 Å². The fraction of sp³-hybridized carbons (Fsp3) is 0.353. The Bertz CT molecular complexity index is 825. The maximum atomic E-state index is 12.2. The van der Waals surface area contributed by atoms with Crippen LogP contribution in [0.15, 0.2) is 33.5 Å². The fourth-order valence-electron chi connectivity index (χ4n) is 2.45. The van der Waals surface area contributed by atoms with Crippen molar-refractivity contribution in [3.05, 3.63) is 40.2 Å². The number of rotatable bonds is 6. The molecule has 2 atom stereocenters. The van der Waals surface area contributed by atoms with Crippen molar-refractivity contribution in [2.75, 3.05) is 0 Å². The van der Waals surface area contributed by atoms with Crippen molar-refractivity contribution < 1.29 is 24.2 Å². The Kier molecular flexibility index (Phi) is 5.23. The van der Waals surface area contributed by atoms with E-state index in [4.69, 9.17) is 4.42 Å². The number of nitrogens with one attached hydrogen (secondary N) is 1. The van der Waals surface area contributed by atoms with E-state index in [1.165, 1.54) is 18.2 Å². The molecule has 0 aliphatic heterocycles. The summed E-state index contributed by atoms with van der Waals surface area (Å²) >= 11 is 0. The molecule has 2 aromatic rings. The monoisotopic (exact) mass is 333 g/mol. The second kappa shape index (κ2) is 7.16. The van der Waals surface area contributed by atoms with Gasteiger partial charge < -0.3 is 19.9 Å². The molecule has 2 rings (SSSR count). The van der Waals surface area contributed by atoms with Crippen molar-refractivity contribution in [3.8, 4) is 5.75 Å². The number of aromatic hydroxyl groups is 1. The van der Waals surface area contributed by atoms with Crippen molar-refractivity contribution in [2.24, 2.45) is 5.92 Å². The number of hydrogen-bond donors (Lipinski definition) is 3. The van der Waals surface area contributed by atoms with Crippen molar-refractivity contribution in [2.45, 2.75) is 32.7 Å².